The predicted molar refractivity (Wildman–Crippen MR) is 83.4 cm³/mol. The highest BCUT2D eigenvalue weighted by molar-refractivity contribution is 6.35. The number of aliphatic hydroxyl groups excluding tert-OH is 4. The summed E-state index contributed by atoms with van der Waals surface area (Å²) in [4.78, 5) is 0. The Balaban J connectivity index is 1.91. The Morgan fingerprint density at radius 2 is 1.65 bits per heavy atom. The molecule has 2 aromatic carbocycles. The second-order valence-corrected chi connectivity index (χ2v) is 5.81. The van der Waals surface area contributed by atoms with Gasteiger partial charge in [-0.15, -0.1) is 0 Å². The topological polar surface area (TPSA) is 99.4 Å². The van der Waals surface area contributed by atoms with Crippen LogP contribution >= 0.6 is 11.6 Å². The fourth-order valence-electron chi connectivity index (χ4n) is 2.63. The molecular weight excluding hydrogens is 324 g/mol. The number of halogens is 1. The normalized spacial score (nSPS) is 31.3. The Morgan fingerprint density at radius 1 is 0.957 bits per heavy atom. The minimum Gasteiger partial charge on any atom is -0.461 e. The second-order valence-electron chi connectivity index (χ2n) is 5.41. The Hall–Kier alpha value is -1.41. The number of fused-ring (bicyclic) bond motifs is 1. The summed E-state index contributed by atoms with van der Waals surface area (Å²) in [5.41, 5.74) is 0. The molecule has 6 nitrogen and oxygen atoms in total. The van der Waals surface area contributed by atoms with E-state index in [9.17, 15) is 20.4 Å². The van der Waals surface area contributed by atoms with Gasteiger partial charge < -0.3 is 29.9 Å². The largest absolute Gasteiger partial charge is 0.461 e. The molecule has 7 heteroatoms. The molecule has 4 N–H and O–H groups in total. The molecule has 0 aromatic heterocycles. The number of benzene rings is 2. The van der Waals surface area contributed by atoms with Crippen molar-refractivity contribution in [2.45, 2.75) is 30.7 Å². The van der Waals surface area contributed by atoms with Crippen LogP contribution < -0.4 is 4.74 Å². The van der Waals surface area contributed by atoms with E-state index in [1.165, 1.54) is 0 Å². The predicted octanol–water partition coefficient (Wildman–Crippen LogP) is 0.672. The lowest BCUT2D eigenvalue weighted by Gasteiger charge is -2.39. The van der Waals surface area contributed by atoms with Crippen molar-refractivity contribution < 1.29 is 29.9 Å². The third-order valence-electron chi connectivity index (χ3n) is 3.92. The number of rotatable bonds is 3. The number of aliphatic hydroxyl groups is 4. The highest BCUT2D eigenvalue weighted by Crippen LogP contribution is 2.33. The van der Waals surface area contributed by atoms with Gasteiger partial charge in [-0.25, -0.2) is 0 Å². The van der Waals surface area contributed by atoms with E-state index in [4.69, 9.17) is 21.1 Å². The van der Waals surface area contributed by atoms with Gasteiger partial charge in [0.1, 0.15) is 30.2 Å². The van der Waals surface area contributed by atoms with Crippen LogP contribution in [0.2, 0.25) is 5.02 Å². The van der Waals surface area contributed by atoms with Gasteiger partial charge in [-0.2, -0.15) is 0 Å². The Kier molecular flexibility index (Phi) is 4.72. The molecule has 1 aliphatic rings. The van der Waals surface area contributed by atoms with E-state index >= 15 is 0 Å². The second kappa shape index (κ2) is 6.60. The Bertz CT molecular complexity index is 691. The van der Waals surface area contributed by atoms with Crippen molar-refractivity contribution in [3.05, 3.63) is 41.4 Å². The first-order chi connectivity index (χ1) is 11.0. The molecule has 5 atom stereocenters. The molecule has 1 fully saturated rings. The molecule has 124 valence electrons. The highest BCUT2D eigenvalue weighted by Gasteiger charge is 2.44. The lowest BCUT2D eigenvalue weighted by atomic mass is 9.99. The fraction of sp³-hybridized carbons (Fsp3) is 0.375. The molecule has 2 aromatic rings. The third kappa shape index (κ3) is 3.01. The van der Waals surface area contributed by atoms with Gasteiger partial charge in [0.15, 0.2) is 0 Å². The van der Waals surface area contributed by atoms with Crippen LogP contribution in [0, 0.1) is 0 Å². The van der Waals surface area contributed by atoms with Crippen LogP contribution in [0.15, 0.2) is 36.4 Å². The highest BCUT2D eigenvalue weighted by atomic mass is 35.5. The third-order valence-corrected chi connectivity index (χ3v) is 4.25. The van der Waals surface area contributed by atoms with Crippen molar-refractivity contribution in [1.29, 1.82) is 0 Å². The van der Waals surface area contributed by atoms with E-state index < -0.39 is 37.3 Å². The molecule has 0 unspecified atom stereocenters. The number of hydrogen-bond acceptors (Lipinski definition) is 6. The number of ether oxygens (including phenoxy) is 2. The quantitative estimate of drug-likeness (QED) is 0.655. The first-order valence-electron chi connectivity index (χ1n) is 7.17. The standard InChI is InChI=1S/C16H17ClO6/c17-10-5-6-11(9-4-2-1-3-8(9)10)22-16-15(21)14(20)13(19)12(7-18)23-16/h1-6,12-16,18-21H,7H2/t12-,13+,14+,15-,16-/m1/s1. The minimum absolute atomic E-state index is 0.411. The average Bonchev–Trinajstić information content (AvgIpc) is 2.58. The molecule has 0 bridgehead atoms. The van der Waals surface area contributed by atoms with Crippen molar-refractivity contribution in [2.75, 3.05) is 6.61 Å². The molecule has 0 aliphatic carbocycles. The van der Waals surface area contributed by atoms with Crippen LogP contribution in [-0.4, -0.2) is 57.7 Å². The van der Waals surface area contributed by atoms with E-state index in [1.54, 1.807) is 18.2 Å². The van der Waals surface area contributed by atoms with Gasteiger partial charge in [0.05, 0.1) is 6.61 Å². The molecular formula is C16H17ClO6. The van der Waals surface area contributed by atoms with Gasteiger partial charge in [0.25, 0.3) is 0 Å². The molecule has 0 radical (unpaired) electrons. The summed E-state index contributed by atoms with van der Waals surface area (Å²) < 4.78 is 11.0. The lowest BCUT2D eigenvalue weighted by molar-refractivity contribution is -0.277. The van der Waals surface area contributed by atoms with E-state index in [2.05, 4.69) is 0 Å². The van der Waals surface area contributed by atoms with Crippen LogP contribution in [0.5, 0.6) is 5.75 Å². The van der Waals surface area contributed by atoms with E-state index in [0.717, 1.165) is 10.8 Å². The van der Waals surface area contributed by atoms with Gasteiger partial charge >= 0.3 is 0 Å². The SMILES string of the molecule is OC[C@H]1O[C@@H](Oc2ccc(Cl)c3ccccc23)[C@H](O)[C@@H](O)[C@H]1O. The van der Waals surface area contributed by atoms with Gasteiger partial charge in [-0.05, 0) is 12.1 Å². The fourth-order valence-corrected chi connectivity index (χ4v) is 2.86. The van der Waals surface area contributed by atoms with Crippen molar-refractivity contribution >= 4 is 22.4 Å². The molecule has 23 heavy (non-hydrogen) atoms. The molecule has 1 heterocycles. The zero-order valence-corrected chi connectivity index (χ0v) is 12.8. The van der Waals surface area contributed by atoms with Crippen LogP contribution in [0.1, 0.15) is 0 Å². The van der Waals surface area contributed by atoms with Crippen LogP contribution in [0.3, 0.4) is 0 Å². The molecule has 1 aliphatic heterocycles. The summed E-state index contributed by atoms with van der Waals surface area (Å²) in [6.45, 7) is -0.508. The maximum absolute atomic E-state index is 10.0. The monoisotopic (exact) mass is 340 g/mol. The number of hydrogen-bond donors (Lipinski definition) is 4. The maximum Gasteiger partial charge on any atom is 0.229 e. The summed E-state index contributed by atoms with van der Waals surface area (Å²) in [5, 5.41) is 40.9. The smallest absolute Gasteiger partial charge is 0.229 e. The first-order valence-corrected chi connectivity index (χ1v) is 7.55. The summed E-state index contributed by atoms with van der Waals surface area (Å²) >= 11 is 6.15. The van der Waals surface area contributed by atoms with Gasteiger partial charge in [-0.3, -0.25) is 0 Å². The Morgan fingerprint density at radius 3 is 2.35 bits per heavy atom. The van der Waals surface area contributed by atoms with Gasteiger partial charge in [-0.1, -0.05) is 35.9 Å². The van der Waals surface area contributed by atoms with Crippen LogP contribution in [0.25, 0.3) is 10.8 Å². The molecule has 3 rings (SSSR count). The van der Waals surface area contributed by atoms with Gasteiger partial charge in [0, 0.05) is 15.8 Å². The van der Waals surface area contributed by atoms with E-state index in [1.807, 2.05) is 18.2 Å². The minimum atomic E-state index is -1.48. The van der Waals surface area contributed by atoms with E-state index in [-0.39, 0.29) is 0 Å². The zero-order valence-electron chi connectivity index (χ0n) is 12.0. The molecule has 0 spiro atoms. The van der Waals surface area contributed by atoms with Crippen LogP contribution in [-0.2, 0) is 4.74 Å². The van der Waals surface area contributed by atoms with Crippen molar-refractivity contribution in [1.82, 2.24) is 0 Å². The summed E-state index contributed by atoms with van der Waals surface area (Å²) in [6.07, 6.45) is -6.60. The Labute approximate surface area is 137 Å². The van der Waals surface area contributed by atoms with Gasteiger partial charge in [0.2, 0.25) is 6.29 Å². The van der Waals surface area contributed by atoms with Crippen molar-refractivity contribution in [3.8, 4) is 5.75 Å². The summed E-state index contributed by atoms with van der Waals surface area (Å²) in [6, 6.07) is 10.6. The zero-order chi connectivity index (χ0) is 16.6. The van der Waals surface area contributed by atoms with Crippen LogP contribution in [0.4, 0.5) is 0 Å². The van der Waals surface area contributed by atoms with E-state index in [0.29, 0.717) is 10.8 Å². The maximum atomic E-state index is 10.0. The molecule has 0 amide bonds. The molecule has 1 saturated heterocycles. The lowest BCUT2D eigenvalue weighted by Crippen LogP contribution is -2.60. The van der Waals surface area contributed by atoms with Crippen molar-refractivity contribution in [3.63, 3.8) is 0 Å². The average molecular weight is 341 g/mol. The summed E-state index contributed by atoms with van der Waals surface area (Å²) in [7, 11) is 0. The first kappa shape index (κ1) is 16.4. The van der Waals surface area contributed by atoms with Crippen molar-refractivity contribution in [2.24, 2.45) is 0 Å². The molecule has 0 saturated carbocycles. The summed E-state index contributed by atoms with van der Waals surface area (Å²) in [5.74, 6) is 0.411.